The number of guanidine groups is 1. The van der Waals surface area contributed by atoms with Gasteiger partial charge in [-0.2, -0.15) is 0 Å². The average Bonchev–Trinajstić information content (AvgIpc) is 2.72. The molecule has 28 heavy (non-hydrogen) atoms. The number of aryl methyl sites for hydroxylation is 1. The molecule has 0 unspecified atom stereocenters. The van der Waals surface area contributed by atoms with E-state index < -0.39 is 0 Å². The summed E-state index contributed by atoms with van der Waals surface area (Å²) in [6, 6.07) is 21.8. The van der Waals surface area contributed by atoms with Gasteiger partial charge >= 0.3 is 0 Å². The predicted molar refractivity (Wildman–Crippen MR) is 114 cm³/mol. The Morgan fingerprint density at radius 2 is 1.57 bits per heavy atom. The Labute approximate surface area is 165 Å². The van der Waals surface area contributed by atoms with Gasteiger partial charge < -0.3 is 15.2 Å². The van der Waals surface area contributed by atoms with Gasteiger partial charge in [0.15, 0.2) is 5.96 Å². The number of aromatic nitrogens is 1. The highest BCUT2D eigenvalue weighted by Crippen LogP contribution is 2.07. The van der Waals surface area contributed by atoms with E-state index in [-0.39, 0.29) is 5.56 Å². The van der Waals surface area contributed by atoms with E-state index in [1.54, 1.807) is 23.7 Å². The lowest BCUT2D eigenvalue weighted by Gasteiger charge is -2.13. The smallest absolute Gasteiger partial charge is 0.250 e. The van der Waals surface area contributed by atoms with E-state index in [2.05, 4.69) is 58.9 Å². The number of nitrogens with one attached hydrogen (secondary N) is 2. The van der Waals surface area contributed by atoms with Crippen molar-refractivity contribution in [1.29, 1.82) is 0 Å². The van der Waals surface area contributed by atoms with Gasteiger partial charge in [-0.1, -0.05) is 54.6 Å². The molecule has 0 radical (unpaired) electrons. The highest BCUT2D eigenvalue weighted by atomic mass is 16.1. The molecule has 3 rings (SSSR count). The fourth-order valence-corrected chi connectivity index (χ4v) is 2.94. The molecule has 0 fully saturated rings. The molecule has 2 aromatic carbocycles. The number of benzene rings is 2. The van der Waals surface area contributed by atoms with E-state index in [1.807, 2.05) is 24.4 Å². The SMILES string of the molecule is CN=C(NCc1ccc(Cn2ccccc2=O)cc1)NCc1ccccc1C. The van der Waals surface area contributed by atoms with Crippen molar-refractivity contribution in [3.05, 3.63) is 106 Å². The highest BCUT2D eigenvalue weighted by Gasteiger charge is 2.02. The predicted octanol–water partition coefficient (Wildman–Crippen LogP) is 3.07. The number of nitrogens with zero attached hydrogens (tertiary/aromatic N) is 2. The van der Waals surface area contributed by atoms with Crippen LogP contribution in [0.3, 0.4) is 0 Å². The van der Waals surface area contributed by atoms with E-state index in [0.29, 0.717) is 13.1 Å². The molecule has 144 valence electrons. The summed E-state index contributed by atoms with van der Waals surface area (Å²) in [4.78, 5) is 16.1. The topological polar surface area (TPSA) is 58.4 Å². The summed E-state index contributed by atoms with van der Waals surface area (Å²) in [6.45, 7) is 4.10. The van der Waals surface area contributed by atoms with Gasteiger partial charge in [0.1, 0.15) is 0 Å². The van der Waals surface area contributed by atoms with Crippen molar-refractivity contribution in [3.8, 4) is 0 Å². The van der Waals surface area contributed by atoms with Gasteiger partial charge in [0.25, 0.3) is 5.56 Å². The summed E-state index contributed by atoms with van der Waals surface area (Å²) < 4.78 is 1.70. The molecule has 0 aliphatic carbocycles. The number of hydrogen-bond acceptors (Lipinski definition) is 2. The van der Waals surface area contributed by atoms with Crippen LogP contribution in [-0.4, -0.2) is 17.6 Å². The third kappa shape index (κ3) is 5.33. The van der Waals surface area contributed by atoms with Crippen molar-refractivity contribution in [2.24, 2.45) is 4.99 Å². The maximum Gasteiger partial charge on any atom is 0.250 e. The Kier molecular flexibility index (Phi) is 6.63. The Morgan fingerprint density at radius 3 is 2.29 bits per heavy atom. The van der Waals surface area contributed by atoms with E-state index in [0.717, 1.165) is 23.6 Å². The first-order valence-electron chi connectivity index (χ1n) is 9.38. The molecule has 0 amide bonds. The quantitative estimate of drug-likeness (QED) is 0.515. The summed E-state index contributed by atoms with van der Waals surface area (Å²) in [7, 11) is 1.77. The average molecular weight is 374 g/mol. The number of pyridine rings is 1. The Balaban J connectivity index is 1.53. The van der Waals surface area contributed by atoms with E-state index in [1.165, 1.54) is 11.1 Å². The lowest BCUT2D eigenvalue weighted by molar-refractivity contribution is 0.758. The number of aliphatic imine (C=N–C) groups is 1. The molecule has 0 saturated carbocycles. The zero-order valence-corrected chi connectivity index (χ0v) is 16.4. The molecule has 0 saturated heterocycles. The molecule has 1 aromatic heterocycles. The molecule has 0 atom stereocenters. The van der Waals surface area contributed by atoms with Gasteiger partial charge in [0.2, 0.25) is 0 Å². The van der Waals surface area contributed by atoms with Crippen LogP contribution in [0.2, 0.25) is 0 Å². The van der Waals surface area contributed by atoms with Crippen molar-refractivity contribution in [2.75, 3.05) is 7.05 Å². The molecule has 5 heteroatoms. The lowest BCUT2D eigenvalue weighted by Crippen LogP contribution is -2.36. The third-order valence-corrected chi connectivity index (χ3v) is 4.67. The summed E-state index contributed by atoms with van der Waals surface area (Å²) >= 11 is 0. The van der Waals surface area contributed by atoms with Gasteiger partial charge in [-0.05, 0) is 35.2 Å². The van der Waals surface area contributed by atoms with E-state index >= 15 is 0 Å². The van der Waals surface area contributed by atoms with Crippen LogP contribution in [0.5, 0.6) is 0 Å². The van der Waals surface area contributed by atoms with Crippen molar-refractivity contribution < 1.29 is 0 Å². The molecule has 0 bridgehead atoms. The first-order valence-corrected chi connectivity index (χ1v) is 9.38. The van der Waals surface area contributed by atoms with E-state index in [9.17, 15) is 4.79 Å². The second-order valence-corrected chi connectivity index (χ2v) is 6.69. The Bertz CT molecular complexity index is 990. The van der Waals surface area contributed by atoms with Crippen molar-refractivity contribution in [1.82, 2.24) is 15.2 Å². The van der Waals surface area contributed by atoms with Crippen LogP contribution in [0.15, 0.2) is 82.7 Å². The zero-order valence-electron chi connectivity index (χ0n) is 16.4. The standard InChI is InChI=1S/C23H26N4O/c1-18-7-3-4-8-21(18)16-26-23(24-2)25-15-19-10-12-20(13-11-19)17-27-14-6-5-9-22(27)28/h3-14H,15-17H2,1-2H3,(H2,24,25,26). The first kappa shape index (κ1) is 19.4. The van der Waals surface area contributed by atoms with Crippen LogP contribution in [-0.2, 0) is 19.6 Å². The van der Waals surface area contributed by atoms with Crippen LogP contribution < -0.4 is 16.2 Å². The van der Waals surface area contributed by atoms with Crippen molar-refractivity contribution >= 4 is 5.96 Å². The maximum atomic E-state index is 11.8. The van der Waals surface area contributed by atoms with Gasteiger partial charge in [-0.3, -0.25) is 9.79 Å². The molecule has 1 heterocycles. The van der Waals surface area contributed by atoms with Crippen LogP contribution in [0.4, 0.5) is 0 Å². The summed E-state index contributed by atoms with van der Waals surface area (Å²) in [5.41, 5.74) is 4.78. The third-order valence-electron chi connectivity index (χ3n) is 4.67. The zero-order chi connectivity index (χ0) is 19.8. The summed E-state index contributed by atoms with van der Waals surface area (Å²) in [5.74, 6) is 0.767. The highest BCUT2D eigenvalue weighted by molar-refractivity contribution is 5.79. The lowest BCUT2D eigenvalue weighted by atomic mass is 10.1. The summed E-state index contributed by atoms with van der Waals surface area (Å²) in [6.07, 6.45) is 1.81. The minimum atomic E-state index is 0.0109. The summed E-state index contributed by atoms with van der Waals surface area (Å²) in [5, 5.41) is 6.69. The van der Waals surface area contributed by atoms with Gasteiger partial charge in [0.05, 0.1) is 6.54 Å². The largest absolute Gasteiger partial charge is 0.352 e. The van der Waals surface area contributed by atoms with Gasteiger partial charge in [-0.25, -0.2) is 0 Å². The molecule has 0 aliphatic rings. The van der Waals surface area contributed by atoms with Gasteiger partial charge in [-0.15, -0.1) is 0 Å². The second-order valence-electron chi connectivity index (χ2n) is 6.69. The monoisotopic (exact) mass is 374 g/mol. The van der Waals surface area contributed by atoms with Crippen LogP contribution in [0.1, 0.15) is 22.3 Å². The second kappa shape index (κ2) is 9.55. The molecule has 2 N–H and O–H groups in total. The molecule has 0 aliphatic heterocycles. The number of rotatable bonds is 6. The van der Waals surface area contributed by atoms with Crippen molar-refractivity contribution in [3.63, 3.8) is 0 Å². The fraction of sp³-hybridized carbons (Fsp3) is 0.217. The minimum absolute atomic E-state index is 0.0109. The van der Waals surface area contributed by atoms with E-state index in [4.69, 9.17) is 0 Å². The first-order chi connectivity index (χ1) is 13.7. The van der Waals surface area contributed by atoms with Crippen molar-refractivity contribution in [2.45, 2.75) is 26.6 Å². The molecular formula is C23H26N4O. The fourth-order valence-electron chi connectivity index (χ4n) is 2.94. The molecule has 0 spiro atoms. The Hall–Kier alpha value is -3.34. The number of hydrogen-bond donors (Lipinski definition) is 2. The molecule has 3 aromatic rings. The molecular weight excluding hydrogens is 348 g/mol. The van der Waals surface area contributed by atoms with Gasteiger partial charge in [0, 0.05) is 32.4 Å². The molecule has 5 nitrogen and oxygen atoms in total. The van der Waals surface area contributed by atoms with Crippen LogP contribution >= 0.6 is 0 Å². The maximum absolute atomic E-state index is 11.8. The normalized spacial score (nSPS) is 11.3. The van der Waals surface area contributed by atoms with Crippen LogP contribution in [0.25, 0.3) is 0 Å². The minimum Gasteiger partial charge on any atom is -0.352 e. The van der Waals surface area contributed by atoms with Crippen LogP contribution in [0, 0.1) is 6.92 Å². The Morgan fingerprint density at radius 1 is 0.893 bits per heavy atom.